The molecule has 80 valence electrons. The number of ketones is 1. The minimum Gasteiger partial charge on any atom is -0.359 e. The summed E-state index contributed by atoms with van der Waals surface area (Å²) < 4.78 is 0. The van der Waals surface area contributed by atoms with Crippen molar-refractivity contribution in [2.75, 3.05) is 0 Å². The van der Waals surface area contributed by atoms with Gasteiger partial charge in [-0.05, 0) is 18.2 Å². The van der Waals surface area contributed by atoms with Crippen LogP contribution in [0, 0.1) is 10.1 Å². The largest absolute Gasteiger partial charge is 0.359 e. The topological polar surface area (TPSA) is 76.0 Å². The molecule has 1 aromatic heterocycles. The molecule has 16 heavy (non-hydrogen) atoms. The third-order valence-corrected chi connectivity index (χ3v) is 2.19. The summed E-state index contributed by atoms with van der Waals surface area (Å²) in [5.74, 6) is -0.377. The van der Waals surface area contributed by atoms with E-state index in [4.69, 9.17) is 0 Å². The summed E-state index contributed by atoms with van der Waals surface area (Å²) in [7, 11) is 0. The van der Waals surface area contributed by atoms with Crippen molar-refractivity contribution in [3.8, 4) is 0 Å². The van der Waals surface area contributed by atoms with Gasteiger partial charge in [0, 0.05) is 12.3 Å². The Kier molecular flexibility index (Phi) is 2.51. The molecule has 0 saturated carbocycles. The second-order valence-corrected chi connectivity index (χ2v) is 3.19. The van der Waals surface area contributed by atoms with E-state index >= 15 is 0 Å². The van der Waals surface area contributed by atoms with Crippen molar-refractivity contribution < 1.29 is 9.72 Å². The van der Waals surface area contributed by atoms with Crippen LogP contribution in [0.15, 0.2) is 42.6 Å². The molecule has 0 radical (unpaired) electrons. The Morgan fingerprint density at radius 1 is 1.19 bits per heavy atom. The summed E-state index contributed by atoms with van der Waals surface area (Å²) in [6.45, 7) is 0. The minimum atomic E-state index is -0.559. The van der Waals surface area contributed by atoms with E-state index in [1.165, 1.54) is 18.2 Å². The normalized spacial score (nSPS) is 10.0. The number of nitro benzene ring substituents is 1. The Labute approximate surface area is 90.9 Å². The maximum absolute atomic E-state index is 11.9. The number of aromatic amines is 1. The Morgan fingerprint density at radius 3 is 2.56 bits per heavy atom. The lowest BCUT2D eigenvalue weighted by atomic mass is 10.1. The number of H-pyrrole nitrogens is 1. The summed E-state index contributed by atoms with van der Waals surface area (Å²) in [5, 5.41) is 10.7. The lowest BCUT2D eigenvalue weighted by Crippen LogP contribution is -2.05. The first-order chi connectivity index (χ1) is 7.70. The molecule has 2 rings (SSSR count). The van der Waals surface area contributed by atoms with Gasteiger partial charge in [-0.25, -0.2) is 0 Å². The van der Waals surface area contributed by atoms with Gasteiger partial charge in [0.05, 0.1) is 10.6 Å². The molecule has 2 aromatic rings. The lowest BCUT2D eigenvalue weighted by molar-refractivity contribution is -0.385. The molecule has 0 fully saturated rings. The van der Waals surface area contributed by atoms with Gasteiger partial charge in [-0.1, -0.05) is 12.1 Å². The monoisotopic (exact) mass is 216 g/mol. The second-order valence-electron chi connectivity index (χ2n) is 3.19. The number of hydrogen-bond donors (Lipinski definition) is 1. The summed E-state index contributed by atoms with van der Waals surface area (Å²) in [6, 6.07) is 9.14. The molecule has 0 amide bonds. The SMILES string of the molecule is O=C(c1ccc[nH]1)c1ccccc1[N+](=O)[O-]. The van der Waals surface area contributed by atoms with E-state index in [0.717, 1.165) is 0 Å². The quantitative estimate of drug-likeness (QED) is 0.485. The van der Waals surface area contributed by atoms with Gasteiger partial charge >= 0.3 is 0 Å². The predicted octanol–water partition coefficient (Wildman–Crippen LogP) is 2.15. The van der Waals surface area contributed by atoms with Crippen LogP contribution in [0.5, 0.6) is 0 Å². The van der Waals surface area contributed by atoms with E-state index < -0.39 is 4.92 Å². The predicted molar refractivity (Wildman–Crippen MR) is 57.3 cm³/mol. The van der Waals surface area contributed by atoms with Crippen LogP contribution in [-0.2, 0) is 0 Å². The van der Waals surface area contributed by atoms with E-state index in [1.807, 2.05) is 0 Å². The van der Waals surface area contributed by atoms with Gasteiger partial charge in [0.25, 0.3) is 5.69 Å². The maximum Gasteiger partial charge on any atom is 0.280 e. The maximum atomic E-state index is 11.9. The van der Waals surface area contributed by atoms with Crippen LogP contribution in [0.25, 0.3) is 0 Å². The Hall–Kier alpha value is -2.43. The standard InChI is InChI=1S/C11H8N2O3/c14-11(9-5-3-7-12-9)8-4-1-2-6-10(8)13(15)16/h1-7,12H. The zero-order valence-corrected chi connectivity index (χ0v) is 8.21. The van der Waals surface area contributed by atoms with Crippen molar-refractivity contribution in [1.82, 2.24) is 4.98 Å². The molecule has 0 aliphatic rings. The molecule has 1 aromatic carbocycles. The molecule has 1 N–H and O–H groups in total. The van der Waals surface area contributed by atoms with Crippen molar-refractivity contribution in [1.29, 1.82) is 0 Å². The molecule has 0 aliphatic carbocycles. The number of benzene rings is 1. The Morgan fingerprint density at radius 2 is 1.94 bits per heavy atom. The second kappa shape index (κ2) is 3.98. The van der Waals surface area contributed by atoms with E-state index in [-0.39, 0.29) is 17.0 Å². The molecule has 1 heterocycles. The molecular formula is C11H8N2O3. The number of para-hydroxylation sites is 1. The van der Waals surface area contributed by atoms with Crippen LogP contribution in [0.2, 0.25) is 0 Å². The number of nitrogens with one attached hydrogen (secondary N) is 1. The average Bonchev–Trinajstić information content (AvgIpc) is 2.81. The summed E-state index contributed by atoms with van der Waals surface area (Å²) >= 11 is 0. The Bertz CT molecular complexity index is 532. The van der Waals surface area contributed by atoms with Crippen molar-refractivity contribution in [2.45, 2.75) is 0 Å². The summed E-state index contributed by atoms with van der Waals surface area (Å²) in [6.07, 6.45) is 1.60. The molecule has 0 bridgehead atoms. The van der Waals surface area contributed by atoms with Crippen molar-refractivity contribution >= 4 is 11.5 Å². The van der Waals surface area contributed by atoms with E-state index in [2.05, 4.69) is 4.98 Å². The number of nitro groups is 1. The first kappa shape index (κ1) is 10.1. The van der Waals surface area contributed by atoms with Gasteiger partial charge in [0.15, 0.2) is 0 Å². The fraction of sp³-hybridized carbons (Fsp3) is 0. The van der Waals surface area contributed by atoms with Crippen LogP contribution in [-0.4, -0.2) is 15.7 Å². The number of hydrogen-bond acceptors (Lipinski definition) is 3. The highest BCUT2D eigenvalue weighted by Gasteiger charge is 2.20. The van der Waals surface area contributed by atoms with Gasteiger partial charge in [-0.15, -0.1) is 0 Å². The van der Waals surface area contributed by atoms with E-state index in [9.17, 15) is 14.9 Å². The number of nitrogens with zero attached hydrogens (tertiary/aromatic N) is 1. The number of carbonyl (C=O) groups is 1. The molecule has 0 saturated heterocycles. The van der Waals surface area contributed by atoms with Crippen LogP contribution < -0.4 is 0 Å². The molecule has 5 nitrogen and oxygen atoms in total. The van der Waals surface area contributed by atoms with Gasteiger partial charge in [-0.2, -0.15) is 0 Å². The third kappa shape index (κ3) is 1.70. The highest BCUT2D eigenvalue weighted by Crippen LogP contribution is 2.20. The van der Waals surface area contributed by atoms with Crippen LogP contribution >= 0.6 is 0 Å². The highest BCUT2D eigenvalue weighted by molar-refractivity contribution is 6.10. The Balaban J connectivity index is 2.49. The molecule has 5 heteroatoms. The number of carbonyl (C=O) groups excluding carboxylic acids is 1. The fourth-order valence-electron chi connectivity index (χ4n) is 1.44. The van der Waals surface area contributed by atoms with Crippen molar-refractivity contribution in [3.05, 3.63) is 64.0 Å². The third-order valence-electron chi connectivity index (χ3n) is 2.19. The molecule has 0 aliphatic heterocycles. The minimum absolute atomic E-state index is 0.0925. The van der Waals surface area contributed by atoms with Crippen LogP contribution in [0.4, 0.5) is 5.69 Å². The molecule has 0 atom stereocenters. The first-order valence-corrected chi connectivity index (χ1v) is 4.61. The summed E-state index contributed by atoms with van der Waals surface area (Å²) in [4.78, 5) is 24.8. The van der Waals surface area contributed by atoms with E-state index in [0.29, 0.717) is 5.69 Å². The lowest BCUT2D eigenvalue weighted by Gasteiger charge is -1.99. The number of rotatable bonds is 3. The molecular weight excluding hydrogens is 208 g/mol. The molecule has 0 spiro atoms. The smallest absolute Gasteiger partial charge is 0.280 e. The first-order valence-electron chi connectivity index (χ1n) is 4.61. The van der Waals surface area contributed by atoms with Crippen molar-refractivity contribution in [3.63, 3.8) is 0 Å². The van der Waals surface area contributed by atoms with Crippen molar-refractivity contribution in [2.24, 2.45) is 0 Å². The van der Waals surface area contributed by atoms with Crippen LogP contribution in [0.1, 0.15) is 16.1 Å². The molecule has 0 unspecified atom stereocenters. The van der Waals surface area contributed by atoms with E-state index in [1.54, 1.807) is 24.4 Å². The fourth-order valence-corrected chi connectivity index (χ4v) is 1.44. The van der Waals surface area contributed by atoms with Gasteiger partial charge in [0.1, 0.15) is 5.56 Å². The average molecular weight is 216 g/mol. The zero-order valence-electron chi connectivity index (χ0n) is 8.21. The number of aromatic nitrogens is 1. The van der Waals surface area contributed by atoms with Gasteiger partial charge < -0.3 is 4.98 Å². The van der Waals surface area contributed by atoms with Gasteiger partial charge in [0.2, 0.25) is 5.78 Å². The van der Waals surface area contributed by atoms with Crippen LogP contribution in [0.3, 0.4) is 0 Å². The zero-order chi connectivity index (χ0) is 11.5. The van der Waals surface area contributed by atoms with Gasteiger partial charge in [-0.3, -0.25) is 14.9 Å². The highest BCUT2D eigenvalue weighted by atomic mass is 16.6. The summed E-state index contributed by atoms with van der Waals surface area (Å²) in [5.41, 5.74) is 0.256.